The van der Waals surface area contributed by atoms with Gasteiger partial charge in [0, 0.05) is 4.47 Å². The molecule has 2 rings (SSSR count). The predicted molar refractivity (Wildman–Crippen MR) is 97.5 cm³/mol. The van der Waals surface area contributed by atoms with Crippen LogP contribution in [0.3, 0.4) is 0 Å². The van der Waals surface area contributed by atoms with Crippen LogP contribution in [0.5, 0.6) is 11.5 Å². The summed E-state index contributed by atoms with van der Waals surface area (Å²) in [5, 5.41) is 8.37. The van der Waals surface area contributed by atoms with E-state index in [0.29, 0.717) is 24.7 Å². The monoisotopic (exact) mass is 406 g/mol. The molecule has 2 aromatic rings. The van der Waals surface area contributed by atoms with E-state index in [0.717, 1.165) is 15.7 Å². The summed E-state index contributed by atoms with van der Waals surface area (Å²) in [6.45, 7) is 2.26. The molecule has 2 aromatic carbocycles. The summed E-state index contributed by atoms with van der Waals surface area (Å²) in [5.74, 6) is 0.532. The van der Waals surface area contributed by atoms with Crippen LogP contribution < -0.4 is 9.47 Å². The average Bonchev–Trinajstić information content (AvgIpc) is 2.62. The largest absolute Gasteiger partial charge is 0.493 e. The third-order valence-electron chi connectivity index (χ3n) is 3.17. The first-order valence-corrected chi connectivity index (χ1v) is 8.50. The maximum atomic E-state index is 11.4. The molecule has 0 saturated heterocycles. The number of ether oxygens (including phenoxy) is 3. The van der Waals surface area contributed by atoms with Crippen LogP contribution in [0.15, 0.2) is 57.2 Å². The highest BCUT2D eigenvalue weighted by molar-refractivity contribution is 9.10. The number of hydrogen-bond donors (Lipinski definition) is 0. The van der Waals surface area contributed by atoms with Crippen molar-refractivity contribution in [3.8, 4) is 11.5 Å². The maximum absolute atomic E-state index is 11.4. The summed E-state index contributed by atoms with van der Waals surface area (Å²) >= 11 is 3.48. The topological polar surface area (TPSA) is 69.5 Å². The van der Waals surface area contributed by atoms with Crippen LogP contribution in [0.2, 0.25) is 0 Å². The second-order valence-corrected chi connectivity index (χ2v) is 5.78. The predicted octanol–water partition coefficient (Wildman–Crippen LogP) is 4.68. The van der Waals surface area contributed by atoms with Gasteiger partial charge in [0.2, 0.25) is 0 Å². The normalized spacial score (nSPS) is 10.7. The molecule has 0 amide bonds. The van der Waals surface area contributed by atoms with Crippen LogP contribution in [-0.4, -0.2) is 26.3 Å². The van der Waals surface area contributed by atoms with Gasteiger partial charge in [-0.3, -0.25) is 0 Å². The number of carbonyl (C=O) groups excluding carboxylic acids is 1. The fraction of sp³-hybridized carbons (Fsp3) is 0.278. The fourth-order valence-electron chi connectivity index (χ4n) is 2.00. The van der Waals surface area contributed by atoms with Crippen molar-refractivity contribution in [1.29, 1.82) is 0 Å². The zero-order valence-electron chi connectivity index (χ0n) is 14.1. The van der Waals surface area contributed by atoms with Crippen molar-refractivity contribution >= 4 is 27.6 Å². The fourth-order valence-corrected chi connectivity index (χ4v) is 2.45. The second kappa shape index (κ2) is 9.78. The first kappa shape index (κ1) is 18.9. The van der Waals surface area contributed by atoms with E-state index >= 15 is 0 Å². The number of esters is 1. The number of azo groups is 1. The van der Waals surface area contributed by atoms with E-state index in [9.17, 15) is 4.79 Å². The van der Waals surface area contributed by atoms with Crippen molar-refractivity contribution in [2.24, 2.45) is 10.2 Å². The van der Waals surface area contributed by atoms with Crippen LogP contribution in [0.4, 0.5) is 5.69 Å². The van der Waals surface area contributed by atoms with Gasteiger partial charge in [-0.15, -0.1) is 0 Å². The minimum absolute atomic E-state index is 0.177. The summed E-state index contributed by atoms with van der Waals surface area (Å²) in [7, 11) is 1.54. The molecule has 6 nitrogen and oxygen atoms in total. The molecule has 0 spiro atoms. The van der Waals surface area contributed by atoms with Crippen LogP contribution in [-0.2, 0) is 16.1 Å². The van der Waals surface area contributed by atoms with E-state index in [-0.39, 0.29) is 6.61 Å². The van der Waals surface area contributed by atoms with Crippen LogP contribution in [0, 0.1) is 0 Å². The van der Waals surface area contributed by atoms with Gasteiger partial charge in [0.25, 0.3) is 0 Å². The van der Waals surface area contributed by atoms with Gasteiger partial charge in [-0.2, -0.15) is 10.2 Å². The van der Waals surface area contributed by atoms with E-state index in [4.69, 9.17) is 14.2 Å². The molecule has 0 aliphatic rings. The SMILES string of the molecule is CCOC(=O)COc1cc(Br)c(CN=Nc2ccccc2)cc1OC. The van der Waals surface area contributed by atoms with Crippen molar-refractivity contribution in [2.45, 2.75) is 13.5 Å². The Labute approximate surface area is 154 Å². The molecule has 0 radical (unpaired) electrons. The average molecular weight is 407 g/mol. The second-order valence-electron chi connectivity index (χ2n) is 4.92. The minimum atomic E-state index is -0.429. The van der Waals surface area contributed by atoms with Crippen LogP contribution in [0.25, 0.3) is 0 Å². The van der Waals surface area contributed by atoms with Crippen LogP contribution in [0.1, 0.15) is 12.5 Å². The van der Waals surface area contributed by atoms with Gasteiger partial charge in [-0.1, -0.05) is 34.1 Å². The lowest BCUT2D eigenvalue weighted by molar-refractivity contribution is -0.145. The van der Waals surface area contributed by atoms with Crippen molar-refractivity contribution < 1.29 is 19.0 Å². The van der Waals surface area contributed by atoms with E-state index < -0.39 is 5.97 Å². The lowest BCUT2D eigenvalue weighted by Crippen LogP contribution is -2.15. The highest BCUT2D eigenvalue weighted by Gasteiger charge is 2.12. The summed E-state index contributed by atoms with van der Waals surface area (Å²) in [6, 6.07) is 13.0. The standard InChI is InChI=1S/C18H19BrN2O4/c1-3-24-18(22)12-25-17-10-15(19)13(9-16(17)23-2)11-20-21-14-7-5-4-6-8-14/h4-10H,3,11-12H2,1-2H3. The number of nitrogens with zero attached hydrogens (tertiary/aromatic N) is 2. The third-order valence-corrected chi connectivity index (χ3v) is 3.91. The molecular weight excluding hydrogens is 388 g/mol. The molecule has 0 fully saturated rings. The Morgan fingerprint density at radius 1 is 1.16 bits per heavy atom. The molecule has 0 heterocycles. The Bertz CT molecular complexity index is 735. The molecule has 0 bridgehead atoms. The van der Waals surface area contributed by atoms with E-state index in [1.165, 1.54) is 7.11 Å². The zero-order chi connectivity index (χ0) is 18.1. The lowest BCUT2D eigenvalue weighted by atomic mass is 10.2. The van der Waals surface area contributed by atoms with Gasteiger partial charge in [-0.25, -0.2) is 4.79 Å². The van der Waals surface area contributed by atoms with Gasteiger partial charge in [-0.05, 0) is 36.8 Å². The molecule has 0 aliphatic carbocycles. The molecule has 0 unspecified atom stereocenters. The van der Waals surface area contributed by atoms with Gasteiger partial charge in [0.05, 0.1) is 25.9 Å². The summed E-state index contributed by atoms with van der Waals surface area (Å²) in [6.07, 6.45) is 0. The molecule has 0 aliphatic heterocycles. The molecule has 0 N–H and O–H groups in total. The number of benzene rings is 2. The van der Waals surface area contributed by atoms with Crippen molar-refractivity contribution in [3.63, 3.8) is 0 Å². The number of carbonyl (C=O) groups is 1. The third kappa shape index (κ3) is 5.86. The molecule has 25 heavy (non-hydrogen) atoms. The molecular formula is C18H19BrN2O4. The Hall–Kier alpha value is -2.41. The Morgan fingerprint density at radius 3 is 2.60 bits per heavy atom. The number of hydrogen-bond acceptors (Lipinski definition) is 6. The quantitative estimate of drug-likeness (QED) is 0.471. The Balaban J connectivity index is 2.07. The molecule has 0 saturated carbocycles. The number of rotatable bonds is 8. The summed E-state index contributed by atoms with van der Waals surface area (Å²) in [4.78, 5) is 11.4. The van der Waals surface area contributed by atoms with Crippen molar-refractivity contribution in [2.75, 3.05) is 20.3 Å². The summed E-state index contributed by atoms with van der Waals surface area (Å²) < 4.78 is 16.4. The highest BCUT2D eigenvalue weighted by atomic mass is 79.9. The molecule has 0 aromatic heterocycles. The minimum Gasteiger partial charge on any atom is -0.493 e. The number of halogens is 1. The highest BCUT2D eigenvalue weighted by Crippen LogP contribution is 2.34. The van der Waals surface area contributed by atoms with Crippen molar-refractivity contribution in [1.82, 2.24) is 0 Å². The number of methoxy groups -OCH3 is 1. The van der Waals surface area contributed by atoms with E-state index in [2.05, 4.69) is 26.2 Å². The molecule has 132 valence electrons. The smallest absolute Gasteiger partial charge is 0.344 e. The van der Waals surface area contributed by atoms with Gasteiger partial charge in [0.15, 0.2) is 18.1 Å². The van der Waals surface area contributed by atoms with Crippen LogP contribution >= 0.6 is 15.9 Å². The maximum Gasteiger partial charge on any atom is 0.344 e. The van der Waals surface area contributed by atoms with E-state index in [1.807, 2.05) is 30.3 Å². The van der Waals surface area contributed by atoms with E-state index in [1.54, 1.807) is 19.1 Å². The van der Waals surface area contributed by atoms with Gasteiger partial charge < -0.3 is 14.2 Å². The molecule has 0 atom stereocenters. The first-order chi connectivity index (χ1) is 12.1. The first-order valence-electron chi connectivity index (χ1n) is 7.71. The van der Waals surface area contributed by atoms with Gasteiger partial charge >= 0.3 is 5.97 Å². The Morgan fingerprint density at radius 2 is 1.92 bits per heavy atom. The zero-order valence-corrected chi connectivity index (χ0v) is 15.7. The summed E-state index contributed by atoms with van der Waals surface area (Å²) in [5.41, 5.74) is 1.68. The Kier molecular flexibility index (Phi) is 7.40. The van der Waals surface area contributed by atoms with Gasteiger partial charge in [0.1, 0.15) is 0 Å². The molecule has 7 heteroatoms. The van der Waals surface area contributed by atoms with Crippen molar-refractivity contribution in [3.05, 3.63) is 52.5 Å². The lowest BCUT2D eigenvalue weighted by Gasteiger charge is -2.12.